The number of nitrogens with zero attached hydrogens (tertiary/aromatic N) is 2. The summed E-state index contributed by atoms with van der Waals surface area (Å²) in [5.41, 5.74) is 3.13. The molecule has 4 aromatic rings. The number of rotatable bonds is 12. The van der Waals surface area contributed by atoms with Crippen LogP contribution in [-0.2, 0) is 6.54 Å². The number of methoxy groups -OCH3 is 3. The van der Waals surface area contributed by atoms with Crippen LogP contribution >= 0.6 is 0 Å². The van der Waals surface area contributed by atoms with Crippen LogP contribution in [0.1, 0.15) is 35.7 Å². The molecule has 0 saturated heterocycles. The lowest BCUT2D eigenvalue weighted by molar-refractivity contribution is 0.0739. The topological polar surface area (TPSA) is 72.9 Å². The Morgan fingerprint density at radius 1 is 0.974 bits per heavy atom. The van der Waals surface area contributed by atoms with Crippen molar-refractivity contribution in [3.63, 3.8) is 0 Å². The molecule has 0 bridgehead atoms. The third kappa shape index (κ3) is 6.96. The lowest BCUT2D eigenvalue weighted by Gasteiger charge is -2.25. The number of benzene rings is 3. The number of hydrogen-bond donors (Lipinski definition) is 1. The van der Waals surface area contributed by atoms with Crippen molar-refractivity contribution in [3.8, 4) is 17.2 Å². The predicted octanol–water partition coefficient (Wildman–Crippen LogP) is 6.32. The minimum Gasteiger partial charge on any atom is -0.497 e. The summed E-state index contributed by atoms with van der Waals surface area (Å²) in [6.45, 7) is 3.01. The van der Waals surface area contributed by atoms with Gasteiger partial charge in [-0.15, -0.1) is 0 Å². The number of amides is 1. The van der Waals surface area contributed by atoms with Crippen LogP contribution in [0.15, 0.2) is 72.9 Å². The number of halogens is 1. The number of ether oxygens (including phenoxy) is 3. The molecule has 3 aromatic carbocycles. The molecule has 8 heteroatoms. The second kappa shape index (κ2) is 13.0. The fraction of sp³-hybridized carbons (Fsp3) is 0.290. The molecule has 1 amide bonds. The normalized spacial score (nSPS) is 11.6. The van der Waals surface area contributed by atoms with Gasteiger partial charge in [-0.1, -0.05) is 12.1 Å². The highest BCUT2D eigenvalue weighted by atomic mass is 19.1. The van der Waals surface area contributed by atoms with E-state index in [0.717, 1.165) is 40.7 Å². The van der Waals surface area contributed by atoms with E-state index in [4.69, 9.17) is 14.2 Å². The molecule has 1 heterocycles. The molecule has 1 atom stereocenters. The zero-order valence-corrected chi connectivity index (χ0v) is 22.7. The number of hydrogen-bond acceptors (Lipinski definition) is 6. The van der Waals surface area contributed by atoms with Crippen LogP contribution < -0.4 is 19.5 Å². The van der Waals surface area contributed by atoms with E-state index in [1.807, 2.05) is 42.5 Å². The van der Waals surface area contributed by atoms with E-state index in [0.29, 0.717) is 30.2 Å². The Balaban J connectivity index is 1.47. The second-order valence-corrected chi connectivity index (χ2v) is 9.36. The molecule has 1 unspecified atom stereocenters. The molecular formula is C31H34FN3O4. The van der Waals surface area contributed by atoms with Gasteiger partial charge in [-0.05, 0) is 73.9 Å². The van der Waals surface area contributed by atoms with Crippen LogP contribution in [0.5, 0.6) is 17.2 Å². The molecule has 0 fully saturated rings. The molecule has 204 valence electrons. The highest BCUT2D eigenvalue weighted by molar-refractivity contribution is 5.94. The number of carbonyl (C=O) groups excluding carboxylic acids is 1. The second-order valence-electron chi connectivity index (χ2n) is 9.36. The Morgan fingerprint density at radius 3 is 2.46 bits per heavy atom. The molecule has 0 aliphatic heterocycles. The van der Waals surface area contributed by atoms with Crippen molar-refractivity contribution >= 4 is 22.5 Å². The van der Waals surface area contributed by atoms with Crippen molar-refractivity contribution in [2.24, 2.45) is 0 Å². The highest BCUT2D eigenvalue weighted by Crippen LogP contribution is 2.30. The van der Waals surface area contributed by atoms with Crippen LogP contribution in [-0.4, -0.2) is 49.7 Å². The maximum Gasteiger partial charge on any atom is 0.254 e. The average Bonchev–Trinajstić information content (AvgIpc) is 2.96. The summed E-state index contributed by atoms with van der Waals surface area (Å²) in [5.74, 6) is 1.44. The summed E-state index contributed by atoms with van der Waals surface area (Å²) in [5, 5.41) is 4.56. The number of carbonyl (C=O) groups is 1. The van der Waals surface area contributed by atoms with Gasteiger partial charge < -0.3 is 24.4 Å². The zero-order valence-electron chi connectivity index (χ0n) is 22.7. The molecule has 0 aliphatic carbocycles. The highest BCUT2D eigenvalue weighted by Gasteiger charge is 2.18. The van der Waals surface area contributed by atoms with E-state index in [-0.39, 0.29) is 17.8 Å². The number of nitrogens with one attached hydrogen (secondary N) is 1. The standard InChI is InChI=1S/C31H34FN3O4/c1-21(34-27-19-26(37-2)18-24-8-5-15-33-30(24)27)7-6-16-35(31(36)23-10-12-25(32)13-11-23)20-22-9-14-28(38-3)29(17-22)39-4/h5,8-15,17-19,21,34H,6-7,16,20H2,1-4H3. The largest absolute Gasteiger partial charge is 0.497 e. The average molecular weight is 532 g/mol. The Hall–Kier alpha value is -4.33. The molecule has 0 spiro atoms. The molecule has 0 saturated carbocycles. The Labute approximate surface area is 228 Å². The van der Waals surface area contributed by atoms with Gasteiger partial charge in [-0.25, -0.2) is 4.39 Å². The smallest absolute Gasteiger partial charge is 0.254 e. The van der Waals surface area contributed by atoms with E-state index in [1.165, 1.54) is 24.3 Å². The maximum absolute atomic E-state index is 13.5. The number of anilines is 1. The minimum absolute atomic E-state index is 0.117. The van der Waals surface area contributed by atoms with Crippen molar-refractivity contribution in [2.75, 3.05) is 33.2 Å². The molecular weight excluding hydrogens is 497 g/mol. The zero-order chi connectivity index (χ0) is 27.8. The monoisotopic (exact) mass is 531 g/mol. The van der Waals surface area contributed by atoms with Crippen molar-refractivity contribution in [1.29, 1.82) is 0 Å². The fourth-order valence-corrected chi connectivity index (χ4v) is 4.55. The van der Waals surface area contributed by atoms with E-state index < -0.39 is 0 Å². The Morgan fingerprint density at radius 2 is 1.74 bits per heavy atom. The molecule has 1 aromatic heterocycles. The number of aromatic nitrogens is 1. The number of pyridine rings is 1. The molecule has 4 rings (SSSR count). The lowest BCUT2D eigenvalue weighted by atomic mass is 10.1. The van der Waals surface area contributed by atoms with Crippen molar-refractivity contribution in [2.45, 2.75) is 32.4 Å². The van der Waals surface area contributed by atoms with Gasteiger partial charge >= 0.3 is 0 Å². The SMILES string of the molecule is COc1cc(NC(C)CCCN(Cc2ccc(OC)c(OC)c2)C(=O)c2ccc(F)cc2)c2ncccc2c1. The third-order valence-electron chi connectivity index (χ3n) is 6.58. The van der Waals surface area contributed by atoms with E-state index in [1.54, 1.807) is 32.4 Å². The van der Waals surface area contributed by atoms with Gasteiger partial charge in [0.05, 0.1) is 32.5 Å². The lowest BCUT2D eigenvalue weighted by Crippen LogP contribution is -2.32. The first-order valence-electron chi connectivity index (χ1n) is 12.9. The number of fused-ring (bicyclic) bond motifs is 1. The molecule has 39 heavy (non-hydrogen) atoms. The quantitative estimate of drug-likeness (QED) is 0.231. The maximum atomic E-state index is 13.5. The van der Waals surface area contributed by atoms with Crippen LogP contribution in [0.25, 0.3) is 10.9 Å². The summed E-state index contributed by atoms with van der Waals surface area (Å²) < 4.78 is 29.8. The van der Waals surface area contributed by atoms with Gasteiger partial charge in [0.2, 0.25) is 0 Å². The van der Waals surface area contributed by atoms with Gasteiger partial charge in [0.1, 0.15) is 11.6 Å². The first-order chi connectivity index (χ1) is 18.9. The van der Waals surface area contributed by atoms with Gasteiger partial charge in [0.25, 0.3) is 5.91 Å². The summed E-state index contributed by atoms with van der Waals surface area (Å²) in [6, 6.07) is 19.2. The summed E-state index contributed by atoms with van der Waals surface area (Å²) >= 11 is 0. The van der Waals surface area contributed by atoms with Crippen LogP contribution in [0, 0.1) is 5.82 Å². The van der Waals surface area contributed by atoms with Gasteiger partial charge in [-0.2, -0.15) is 0 Å². The predicted molar refractivity (Wildman–Crippen MR) is 151 cm³/mol. The summed E-state index contributed by atoms with van der Waals surface area (Å²) in [7, 11) is 4.82. The van der Waals surface area contributed by atoms with Gasteiger partial charge in [-0.3, -0.25) is 9.78 Å². The van der Waals surface area contributed by atoms with Gasteiger partial charge in [0.15, 0.2) is 11.5 Å². The molecule has 1 N–H and O–H groups in total. The van der Waals surface area contributed by atoms with E-state index >= 15 is 0 Å². The molecule has 0 radical (unpaired) electrons. The Bertz CT molecular complexity index is 1410. The molecule has 7 nitrogen and oxygen atoms in total. The van der Waals surface area contributed by atoms with Crippen LogP contribution in [0.2, 0.25) is 0 Å². The van der Waals surface area contributed by atoms with Crippen molar-refractivity contribution in [1.82, 2.24) is 9.88 Å². The summed E-state index contributed by atoms with van der Waals surface area (Å²) in [6.07, 6.45) is 3.34. The van der Waals surface area contributed by atoms with Crippen LogP contribution in [0.3, 0.4) is 0 Å². The minimum atomic E-state index is -0.377. The fourth-order valence-electron chi connectivity index (χ4n) is 4.55. The van der Waals surface area contributed by atoms with Crippen molar-refractivity contribution in [3.05, 3.63) is 89.9 Å². The van der Waals surface area contributed by atoms with Crippen molar-refractivity contribution < 1.29 is 23.4 Å². The molecule has 0 aliphatic rings. The first-order valence-corrected chi connectivity index (χ1v) is 12.9. The van der Waals surface area contributed by atoms with E-state index in [2.05, 4.69) is 17.2 Å². The first kappa shape index (κ1) is 27.7. The summed E-state index contributed by atoms with van der Waals surface area (Å²) in [4.78, 5) is 19.8. The van der Waals surface area contributed by atoms with Crippen LogP contribution in [0.4, 0.5) is 10.1 Å². The van der Waals surface area contributed by atoms with E-state index in [9.17, 15) is 9.18 Å². The van der Waals surface area contributed by atoms with Gasteiger partial charge in [0, 0.05) is 42.3 Å². The Kier molecular flexibility index (Phi) is 9.20. The third-order valence-corrected chi connectivity index (χ3v) is 6.58.